The van der Waals surface area contributed by atoms with Crippen LogP contribution in [0.5, 0.6) is 5.75 Å². The predicted molar refractivity (Wildman–Crippen MR) is 139 cm³/mol. The zero-order chi connectivity index (χ0) is 26.4. The largest absolute Gasteiger partial charge is 0.481 e. The number of carbonyl (C=O) groups excluding carboxylic acids is 2. The molecule has 0 spiro atoms. The fraction of sp³-hybridized carbons (Fsp3) is 0.393. The number of benzene rings is 2. The van der Waals surface area contributed by atoms with Gasteiger partial charge in [-0.15, -0.1) is 0 Å². The van der Waals surface area contributed by atoms with Crippen molar-refractivity contribution in [1.82, 2.24) is 4.90 Å². The summed E-state index contributed by atoms with van der Waals surface area (Å²) in [5.74, 6) is 0.0780. The van der Waals surface area contributed by atoms with Gasteiger partial charge in [0.15, 0.2) is 0 Å². The van der Waals surface area contributed by atoms with E-state index < -0.39 is 5.97 Å². The Hall–Kier alpha value is -4.01. The van der Waals surface area contributed by atoms with Gasteiger partial charge in [0.2, 0.25) is 0 Å². The number of fused-ring (bicyclic) bond motifs is 1. The molecule has 37 heavy (non-hydrogen) atoms. The number of nitrogens with one attached hydrogen (secondary N) is 2. The SMILES string of the molecule is C=COc1cccc(NC(=O)Nc2ccc3c(c2)CCN(C(=O)O[C@@H]2CC[C@@H](CC(=O)O)CC2C)C3)c1. The van der Waals surface area contributed by atoms with Gasteiger partial charge in [0.05, 0.1) is 6.26 Å². The standard InChI is InChI=1S/C28H33N3O6/c1-3-36-24-6-4-5-22(16-24)29-27(34)30-23-9-8-21-17-31(12-11-20(21)15-23)28(35)37-25-10-7-19(13-18(25)2)14-26(32)33/h3-6,8-9,15-16,18-19,25H,1,7,10-14,17H2,2H3,(H,32,33)(H2,29,30,34)/t18?,19-,25-/m1/s1. The van der Waals surface area contributed by atoms with Crippen LogP contribution in [0.2, 0.25) is 0 Å². The second-order valence-electron chi connectivity index (χ2n) is 9.72. The summed E-state index contributed by atoms with van der Waals surface area (Å²) in [6.07, 6.45) is 3.84. The molecule has 0 radical (unpaired) electrons. The average Bonchev–Trinajstić information content (AvgIpc) is 2.85. The van der Waals surface area contributed by atoms with Crippen molar-refractivity contribution in [3.63, 3.8) is 0 Å². The maximum atomic E-state index is 12.9. The summed E-state index contributed by atoms with van der Waals surface area (Å²) in [5, 5.41) is 14.7. The highest BCUT2D eigenvalue weighted by Crippen LogP contribution is 2.34. The third kappa shape index (κ3) is 7.03. The molecule has 3 N–H and O–H groups in total. The molecule has 0 saturated heterocycles. The number of rotatable bonds is 7. The lowest BCUT2D eigenvalue weighted by molar-refractivity contribution is -0.138. The molecule has 1 heterocycles. The first-order chi connectivity index (χ1) is 17.8. The molecular formula is C28H33N3O6. The van der Waals surface area contributed by atoms with E-state index in [9.17, 15) is 14.4 Å². The molecule has 196 valence electrons. The summed E-state index contributed by atoms with van der Waals surface area (Å²) >= 11 is 0. The highest BCUT2D eigenvalue weighted by atomic mass is 16.6. The Labute approximate surface area is 216 Å². The number of carboxylic acid groups (broad SMARTS) is 1. The molecule has 0 bridgehead atoms. The summed E-state index contributed by atoms with van der Waals surface area (Å²) < 4.78 is 11.1. The van der Waals surface area contributed by atoms with Crippen LogP contribution in [-0.4, -0.2) is 40.7 Å². The topological polar surface area (TPSA) is 117 Å². The second-order valence-corrected chi connectivity index (χ2v) is 9.72. The van der Waals surface area contributed by atoms with Crippen LogP contribution in [0.3, 0.4) is 0 Å². The first kappa shape index (κ1) is 26.1. The Bertz CT molecular complexity index is 1170. The minimum atomic E-state index is -0.775. The summed E-state index contributed by atoms with van der Waals surface area (Å²) in [4.78, 5) is 38.0. The van der Waals surface area contributed by atoms with Gasteiger partial charge < -0.3 is 30.1 Å². The van der Waals surface area contributed by atoms with Crippen LogP contribution in [0.4, 0.5) is 21.0 Å². The monoisotopic (exact) mass is 507 g/mol. The lowest BCUT2D eigenvalue weighted by atomic mass is 9.79. The minimum Gasteiger partial charge on any atom is -0.481 e. The molecule has 2 aromatic rings. The second kappa shape index (κ2) is 11.8. The van der Waals surface area contributed by atoms with Crippen LogP contribution < -0.4 is 15.4 Å². The van der Waals surface area contributed by atoms with Gasteiger partial charge in [-0.3, -0.25) is 4.79 Å². The van der Waals surface area contributed by atoms with Crippen LogP contribution in [-0.2, 0) is 22.5 Å². The molecule has 4 rings (SSSR count). The molecule has 1 unspecified atom stereocenters. The fourth-order valence-electron chi connectivity index (χ4n) is 5.11. The zero-order valence-corrected chi connectivity index (χ0v) is 20.9. The number of hydrogen-bond acceptors (Lipinski definition) is 5. The highest BCUT2D eigenvalue weighted by Gasteiger charge is 2.33. The Balaban J connectivity index is 1.29. The molecule has 9 nitrogen and oxygen atoms in total. The van der Waals surface area contributed by atoms with Gasteiger partial charge in [-0.1, -0.05) is 25.6 Å². The van der Waals surface area contributed by atoms with Gasteiger partial charge in [-0.05, 0) is 72.9 Å². The van der Waals surface area contributed by atoms with E-state index in [2.05, 4.69) is 17.2 Å². The highest BCUT2D eigenvalue weighted by molar-refractivity contribution is 5.99. The van der Waals surface area contributed by atoms with Gasteiger partial charge in [0.1, 0.15) is 11.9 Å². The molecule has 3 amide bonds. The van der Waals surface area contributed by atoms with E-state index in [1.165, 1.54) is 6.26 Å². The van der Waals surface area contributed by atoms with Crippen LogP contribution in [0.1, 0.15) is 43.7 Å². The maximum absolute atomic E-state index is 12.9. The number of carboxylic acids is 1. The molecule has 1 aliphatic carbocycles. The molecule has 1 saturated carbocycles. The smallest absolute Gasteiger partial charge is 0.410 e. The van der Waals surface area contributed by atoms with Crippen LogP contribution >= 0.6 is 0 Å². The zero-order valence-electron chi connectivity index (χ0n) is 20.9. The van der Waals surface area contributed by atoms with Gasteiger partial charge in [-0.25, -0.2) is 9.59 Å². The lowest BCUT2D eigenvalue weighted by Gasteiger charge is -2.35. The van der Waals surface area contributed by atoms with E-state index in [0.29, 0.717) is 43.1 Å². The first-order valence-electron chi connectivity index (χ1n) is 12.6. The third-order valence-corrected chi connectivity index (χ3v) is 6.96. The molecule has 0 aromatic heterocycles. The predicted octanol–water partition coefficient (Wildman–Crippen LogP) is 5.63. The molecule has 1 fully saturated rings. The lowest BCUT2D eigenvalue weighted by Crippen LogP contribution is -2.41. The number of carbonyl (C=O) groups is 3. The Kier molecular flexibility index (Phi) is 8.32. The quantitative estimate of drug-likeness (QED) is 0.418. The summed E-state index contributed by atoms with van der Waals surface area (Å²) in [6.45, 7) is 6.52. The normalized spacial score (nSPS) is 20.8. The summed E-state index contributed by atoms with van der Waals surface area (Å²) in [5.41, 5.74) is 3.35. The Morgan fingerprint density at radius 2 is 1.89 bits per heavy atom. The third-order valence-electron chi connectivity index (χ3n) is 6.96. The van der Waals surface area contributed by atoms with Crippen molar-refractivity contribution < 1.29 is 29.0 Å². The molecule has 1 aliphatic heterocycles. The maximum Gasteiger partial charge on any atom is 0.410 e. The number of hydrogen-bond donors (Lipinski definition) is 3. The summed E-state index contributed by atoms with van der Waals surface area (Å²) in [7, 11) is 0. The first-order valence-corrected chi connectivity index (χ1v) is 12.6. The number of nitrogens with zero attached hydrogens (tertiary/aromatic N) is 1. The van der Waals surface area contributed by atoms with Crippen LogP contribution in [0, 0.1) is 11.8 Å². The number of urea groups is 1. The van der Waals surface area contributed by atoms with Gasteiger partial charge in [-0.2, -0.15) is 0 Å². The minimum absolute atomic E-state index is 0.135. The molecular weight excluding hydrogens is 474 g/mol. The van der Waals surface area contributed by atoms with Crippen molar-refractivity contribution in [2.45, 2.75) is 51.7 Å². The van der Waals surface area contributed by atoms with Crippen molar-refractivity contribution >= 4 is 29.5 Å². The molecule has 3 atom stereocenters. The van der Waals surface area contributed by atoms with Gasteiger partial charge in [0, 0.05) is 37.0 Å². The molecule has 2 aromatic carbocycles. The number of aliphatic carboxylic acids is 1. The summed E-state index contributed by atoms with van der Waals surface area (Å²) in [6, 6.07) is 12.3. The average molecular weight is 508 g/mol. The van der Waals surface area contributed by atoms with Gasteiger partial charge in [0.25, 0.3) is 0 Å². The van der Waals surface area contributed by atoms with Crippen molar-refractivity contribution in [3.8, 4) is 5.75 Å². The van der Waals surface area contributed by atoms with E-state index in [4.69, 9.17) is 14.6 Å². The van der Waals surface area contributed by atoms with Crippen LogP contribution in [0.25, 0.3) is 0 Å². The van der Waals surface area contributed by atoms with Crippen molar-refractivity contribution in [2.24, 2.45) is 11.8 Å². The van der Waals surface area contributed by atoms with E-state index in [0.717, 1.165) is 24.0 Å². The van der Waals surface area contributed by atoms with E-state index in [-0.39, 0.29) is 36.5 Å². The van der Waals surface area contributed by atoms with Crippen molar-refractivity contribution in [2.75, 3.05) is 17.2 Å². The van der Waals surface area contributed by atoms with Crippen LogP contribution in [0.15, 0.2) is 55.3 Å². The van der Waals surface area contributed by atoms with E-state index in [1.807, 2.05) is 25.1 Å². The van der Waals surface area contributed by atoms with Crippen molar-refractivity contribution in [3.05, 3.63) is 66.4 Å². The number of amides is 3. The number of anilines is 2. The molecule has 2 aliphatic rings. The van der Waals surface area contributed by atoms with E-state index >= 15 is 0 Å². The fourth-order valence-corrected chi connectivity index (χ4v) is 5.11. The Morgan fingerprint density at radius 1 is 1.11 bits per heavy atom. The molecule has 9 heteroatoms. The Morgan fingerprint density at radius 3 is 2.62 bits per heavy atom. The van der Waals surface area contributed by atoms with Gasteiger partial charge >= 0.3 is 18.1 Å². The number of ether oxygens (including phenoxy) is 2. The van der Waals surface area contributed by atoms with Crippen molar-refractivity contribution in [1.29, 1.82) is 0 Å². The van der Waals surface area contributed by atoms with E-state index in [1.54, 1.807) is 29.2 Å².